The van der Waals surface area contributed by atoms with E-state index in [-0.39, 0.29) is 5.69 Å². The Morgan fingerprint density at radius 3 is 2.29 bits per heavy atom. The molecule has 166 valence electrons. The molecule has 0 bridgehead atoms. The molecule has 9 nitrogen and oxygen atoms in total. The monoisotopic (exact) mass is 433 g/mol. The topological polar surface area (TPSA) is 135 Å². The average Bonchev–Trinajstić information content (AvgIpc) is 2.77. The molecule has 2 aromatic rings. The molecule has 0 spiro atoms. The molecule has 0 fully saturated rings. The minimum atomic E-state index is -1.54. The Morgan fingerprint density at radius 1 is 1.06 bits per heavy atom. The first-order valence-electron chi connectivity index (χ1n) is 9.47. The number of hydrogen-bond acceptors (Lipinski definition) is 5. The van der Waals surface area contributed by atoms with E-state index in [2.05, 4.69) is 10.6 Å². The van der Waals surface area contributed by atoms with E-state index in [1.54, 1.807) is 30.3 Å². The third-order valence-corrected chi connectivity index (χ3v) is 3.85. The molecule has 1 atom stereocenters. The van der Waals surface area contributed by atoms with Crippen LogP contribution in [-0.4, -0.2) is 46.0 Å². The Labute approximate surface area is 177 Å². The molecular weight excluding hydrogens is 409 g/mol. The predicted octanol–water partition coefficient (Wildman–Crippen LogP) is 1.62. The number of carbonyl (C=O) groups excluding carboxylic acids is 3. The molecule has 0 radical (unpaired) electrons. The van der Waals surface area contributed by atoms with E-state index in [9.17, 15) is 28.4 Å². The highest BCUT2D eigenvalue weighted by atomic mass is 19.1. The number of aliphatic carboxylic acids is 1. The summed E-state index contributed by atoms with van der Waals surface area (Å²) in [5.41, 5.74) is -0.420. The number of pyridine rings is 1. The highest BCUT2D eigenvalue weighted by Gasteiger charge is 2.23. The van der Waals surface area contributed by atoms with E-state index in [1.807, 2.05) is 13.8 Å². The van der Waals surface area contributed by atoms with Crippen LogP contribution in [0.25, 0.3) is 0 Å². The number of benzene rings is 1. The lowest BCUT2D eigenvalue weighted by atomic mass is 10.1. The van der Waals surface area contributed by atoms with Gasteiger partial charge in [0.15, 0.2) is 5.78 Å². The number of carboxylic acids is 1. The van der Waals surface area contributed by atoms with E-state index in [0.29, 0.717) is 5.56 Å². The molecule has 2 amide bonds. The number of rotatable bonds is 9. The number of nitrogens with zero attached hydrogens (tertiary/aromatic N) is 1. The maximum atomic E-state index is 12.6. The van der Waals surface area contributed by atoms with Crippen molar-refractivity contribution < 1.29 is 28.7 Å². The second-order valence-electron chi connectivity index (χ2n) is 5.99. The molecule has 31 heavy (non-hydrogen) atoms. The van der Waals surface area contributed by atoms with Crippen LogP contribution in [0.15, 0.2) is 53.5 Å². The molecule has 0 saturated carbocycles. The second-order valence-corrected chi connectivity index (χ2v) is 5.99. The number of carboxylic acid groups (broad SMARTS) is 1. The van der Waals surface area contributed by atoms with Crippen LogP contribution in [0.4, 0.5) is 10.1 Å². The number of halogens is 1. The smallest absolute Gasteiger partial charge is 0.305 e. The van der Waals surface area contributed by atoms with E-state index in [1.165, 1.54) is 18.3 Å². The zero-order chi connectivity index (χ0) is 23.4. The molecule has 0 saturated heterocycles. The zero-order valence-corrected chi connectivity index (χ0v) is 17.1. The Hall–Kier alpha value is -3.82. The van der Waals surface area contributed by atoms with Gasteiger partial charge in [-0.15, -0.1) is 0 Å². The number of aromatic nitrogens is 1. The van der Waals surface area contributed by atoms with Crippen LogP contribution in [0.2, 0.25) is 0 Å². The second kappa shape index (κ2) is 12.7. The highest BCUT2D eigenvalue weighted by Crippen LogP contribution is 2.05. The summed E-state index contributed by atoms with van der Waals surface area (Å²) in [7, 11) is 0. The third-order valence-electron chi connectivity index (χ3n) is 3.85. The minimum Gasteiger partial charge on any atom is -0.481 e. The van der Waals surface area contributed by atoms with Gasteiger partial charge in [0.1, 0.15) is 24.9 Å². The Morgan fingerprint density at radius 2 is 1.71 bits per heavy atom. The van der Waals surface area contributed by atoms with Gasteiger partial charge in [-0.1, -0.05) is 32.0 Å². The summed E-state index contributed by atoms with van der Waals surface area (Å²) in [4.78, 5) is 59.0. The molecule has 10 heteroatoms. The van der Waals surface area contributed by atoms with E-state index in [0.717, 1.165) is 4.57 Å². The van der Waals surface area contributed by atoms with Gasteiger partial charge in [-0.3, -0.25) is 24.0 Å². The van der Waals surface area contributed by atoms with Crippen molar-refractivity contribution in [2.45, 2.75) is 32.9 Å². The SMILES string of the molecule is CC.O=C(O)CC(NC(=O)Cn1cccc(NC(=O)c2ccccc2)c1=O)C(=O)CF. The van der Waals surface area contributed by atoms with E-state index in [4.69, 9.17) is 5.11 Å². The maximum absolute atomic E-state index is 12.6. The lowest BCUT2D eigenvalue weighted by Crippen LogP contribution is -2.45. The van der Waals surface area contributed by atoms with Gasteiger partial charge in [0.05, 0.1) is 6.42 Å². The molecule has 1 aromatic heterocycles. The number of nitrogens with one attached hydrogen (secondary N) is 2. The van der Waals surface area contributed by atoms with Crippen molar-refractivity contribution in [2.75, 3.05) is 12.0 Å². The maximum Gasteiger partial charge on any atom is 0.305 e. The molecule has 2 rings (SSSR count). The predicted molar refractivity (Wildman–Crippen MR) is 112 cm³/mol. The fourth-order valence-electron chi connectivity index (χ4n) is 2.45. The molecule has 1 unspecified atom stereocenters. The van der Waals surface area contributed by atoms with Crippen molar-refractivity contribution in [3.8, 4) is 0 Å². The zero-order valence-electron chi connectivity index (χ0n) is 17.1. The third kappa shape index (κ3) is 7.84. The standard InChI is InChI=1S/C19H18FN3O6.C2H6/c20-10-15(24)14(9-17(26)27)21-16(25)11-23-8-4-7-13(19(23)29)22-18(28)12-5-2-1-3-6-12;1-2/h1-8,14H,9-11H2,(H,21,25)(H,22,28)(H,26,27);1-2H3. The van der Waals surface area contributed by atoms with Gasteiger partial charge in [-0.05, 0) is 24.3 Å². The molecular formula is C21H24FN3O6. The Bertz CT molecular complexity index is 975. The number of alkyl halides is 1. The summed E-state index contributed by atoms with van der Waals surface area (Å²) in [5, 5.41) is 13.3. The first-order chi connectivity index (χ1) is 14.8. The van der Waals surface area contributed by atoms with Crippen molar-refractivity contribution in [3.05, 3.63) is 64.6 Å². The number of ketones is 1. The molecule has 0 aliphatic heterocycles. The molecule has 1 aromatic carbocycles. The van der Waals surface area contributed by atoms with Gasteiger partial charge in [-0.2, -0.15) is 0 Å². The van der Waals surface area contributed by atoms with Gasteiger partial charge in [0.2, 0.25) is 5.91 Å². The fourth-order valence-corrected chi connectivity index (χ4v) is 2.45. The van der Waals surface area contributed by atoms with Crippen LogP contribution in [0.3, 0.4) is 0 Å². The first kappa shape index (κ1) is 25.2. The van der Waals surface area contributed by atoms with E-state index < -0.39 is 54.8 Å². The lowest BCUT2D eigenvalue weighted by molar-refractivity contribution is -0.140. The number of amides is 2. The van der Waals surface area contributed by atoms with Crippen LogP contribution >= 0.6 is 0 Å². The van der Waals surface area contributed by atoms with Gasteiger partial charge in [0.25, 0.3) is 11.5 Å². The van der Waals surface area contributed by atoms with Gasteiger partial charge < -0.3 is 20.3 Å². The van der Waals surface area contributed by atoms with Crippen LogP contribution < -0.4 is 16.2 Å². The fraction of sp³-hybridized carbons (Fsp3) is 0.286. The first-order valence-corrected chi connectivity index (χ1v) is 9.47. The summed E-state index contributed by atoms with van der Waals surface area (Å²) >= 11 is 0. The van der Waals surface area contributed by atoms with Gasteiger partial charge in [-0.25, -0.2) is 4.39 Å². The highest BCUT2D eigenvalue weighted by molar-refractivity contribution is 6.04. The number of carbonyl (C=O) groups is 4. The summed E-state index contributed by atoms with van der Waals surface area (Å²) in [5.74, 6) is -3.84. The summed E-state index contributed by atoms with van der Waals surface area (Å²) in [6.07, 6.45) is 0.500. The van der Waals surface area contributed by atoms with Crippen molar-refractivity contribution in [1.82, 2.24) is 9.88 Å². The average molecular weight is 433 g/mol. The quantitative estimate of drug-likeness (QED) is 0.550. The van der Waals surface area contributed by atoms with Crippen LogP contribution in [0, 0.1) is 0 Å². The Kier molecular flexibility index (Phi) is 10.3. The Balaban J connectivity index is 0.00000233. The van der Waals surface area contributed by atoms with Crippen molar-refractivity contribution >= 4 is 29.3 Å². The van der Waals surface area contributed by atoms with Gasteiger partial charge >= 0.3 is 5.97 Å². The molecule has 3 N–H and O–H groups in total. The minimum absolute atomic E-state index is 0.0731. The van der Waals surface area contributed by atoms with Crippen LogP contribution in [0.5, 0.6) is 0 Å². The normalized spacial score (nSPS) is 10.8. The summed E-state index contributed by atoms with van der Waals surface area (Å²) in [6.45, 7) is 2.02. The lowest BCUT2D eigenvalue weighted by Gasteiger charge is -2.15. The van der Waals surface area contributed by atoms with Crippen molar-refractivity contribution in [1.29, 1.82) is 0 Å². The van der Waals surface area contributed by atoms with Crippen LogP contribution in [-0.2, 0) is 20.9 Å². The number of anilines is 1. The van der Waals surface area contributed by atoms with Gasteiger partial charge in [0, 0.05) is 11.8 Å². The summed E-state index contributed by atoms with van der Waals surface area (Å²) < 4.78 is 13.5. The van der Waals surface area contributed by atoms with Crippen molar-refractivity contribution in [2.24, 2.45) is 0 Å². The number of Topliss-reactive ketones (excluding diaryl/α,β-unsaturated/α-hetero) is 1. The molecule has 1 heterocycles. The molecule has 0 aliphatic rings. The number of hydrogen-bond donors (Lipinski definition) is 3. The summed E-state index contributed by atoms with van der Waals surface area (Å²) in [6, 6.07) is 9.43. The van der Waals surface area contributed by atoms with Crippen molar-refractivity contribution in [3.63, 3.8) is 0 Å². The molecule has 0 aliphatic carbocycles. The van der Waals surface area contributed by atoms with E-state index >= 15 is 0 Å². The van der Waals surface area contributed by atoms with Crippen LogP contribution in [0.1, 0.15) is 30.6 Å². The largest absolute Gasteiger partial charge is 0.481 e.